The number of nitrogens with zero attached hydrogens (tertiary/aromatic N) is 2. The molecule has 0 aliphatic heterocycles. The Bertz CT molecular complexity index is 967. The summed E-state index contributed by atoms with van der Waals surface area (Å²) in [6, 6.07) is 6.88. The predicted octanol–water partition coefficient (Wildman–Crippen LogP) is 4.01. The summed E-state index contributed by atoms with van der Waals surface area (Å²) in [5.74, 6) is -0.551. The van der Waals surface area contributed by atoms with Crippen molar-refractivity contribution < 1.29 is 19.1 Å². The summed E-state index contributed by atoms with van der Waals surface area (Å²) in [5, 5.41) is 9.13. The number of benzene rings is 1. The first-order chi connectivity index (χ1) is 12.9. The minimum atomic E-state index is -0.533. The molecule has 6 nitrogen and oxygen atoms in total. The van der Waals surface area contributed by atoms with Gasteiger partial charge < -0.3 is 14.0 Å². The summed E-state index contributed by atoms with van der Waals surface area (Å²) in [4.78, 5) is 25.2. The molecule has 1 aromatic carbocycles. The third-order valence-corrected chi connectivity index (χ3v) is 4.99. The van der Waals surface area contributed by atoms with Gasteiger partial charge in [0.2, 0.25) is 5.78 Å². The highest BCUT2D eigenvalue weighted by atomic mass is 35.5. The van der Waals surface area contributed by atoms with Gasteiger partial charge in [0.15, 0.2) is 6.61 Å². The molecule has 1 saturated carbocycles. The fourth-order valence-corrected chi connectivity index (χ4v) is 3.57. The first-order valence-corrected chi connectivity index (χ1v) is 8.92. The van der Waals surface area contributed by atoms with Crippen LogP contribution in [0, 0.1) is 25.2 Å². The Labute approximate surface area is 162 Å². The molecule has 0 radical (unpaired) electrons. The van der Waals surface area contributed by atoms with Crippen LogP contribution in [-0.4, -0.2) is 30.0 Å². The van der Waals surface area contributed by atoms with Gasteiger partial charge in [-0.05, 0) is 44.9 Å². The van der Waals surface area contributed by atoms with E-state index in [0.29, 0.717) is 28.5 Å². The van der Waals surface area contributed by atoms with Crippen molar-refractivity contribution in [1.29, 1.82) is 5.26 Å². The summed E-state index contributed by atoms with van der Waals surface area (Å²) in [6.45, 7) is 3.39. The minimum absolute atomic E-state index is 0.249. The lowest BCUT2D eigenvalue weighted by molar-refractivity contribution is 0.0595. The molecule has 1 aromatic heterocycles. The van der Waals surface area contributed by atoms with Crippen LogP contribution in [-0.2, 0) is 4.74 Å². The highest BCUT2D eigenvalue weighted by Gasteiger charge is 2.34. The van der Waals surface area contributed by atoms with E-state index in [2.05, 4.69) is 0 Å². The number of carbonyl (C=O) groups is 2. The van der Waals surface area contributed by atoms with Crippen molar-refractivity contribution in [2.45, 2.75) is 32.7 Å². The van der Waals surface area contributed by atoms with Gasteiger partial charge in [0.05, 0.1) is 34.9 Å². The second-order valence-corrected chi connectivity index (χ2v) is 6.89. The Morgan fingerprint density at radius 3 is 2.48 bits per heavy atom. The Morgan fingerprint density at radius 2 is 1.93 bits per heavy atom. The van der Waals surface area contributed by atoms with Gasteiger partial charge in [-0.15, -0.1) is 0 Å². The Morgan fingerprint density at radius 1 is 1.26 bits per heavy atom. The molecular weight excluding hydrogens is 368 g/mol. The smallest absolute Gasteiger partial charge is 0.340 e. The number of halogens is 1. The van der Waals surface area contributed by atoms with E-state index >= 15 is 0 Å². The van der Waals surface area contributed by atoms with E-state index in [1.165, 1.54) is 13.2 Å². The van der Waals surface area contributed by atoms with Gasteiger partial charge in [-0.3, -0.25) is 4.79 Å². The first kappa shape index (κ1) is 19.0. The molecule has 27 heavy (non-hydrogen) atoms. The number of hydrogen-bond donors (Lipinski definition) is 0. The molecule has 0 atom stereocenters. The fourth-order valence-electron chi connectivity index (χ4n) is 3.33. The van der Waals surface area contributed by atoms with E-state index in [1.54, 1.807) is 12.1 Å². The number of carbonyl (C=O) groups excluding carboxylic acids is 2. The normalized spacial score (nSPS) is 13.1. The van der Waals surface area contributed by atoms with Crippen molar-refractivity contribution in [2.24, 2.45) is 0 Å². The number of ether oxygens (including phenoxy) is 2. The van der Waals surface area contributed by atoms with Crippen molar-refractivity contribution in [3.63, 3.8) is 0 Å². The SMILES string of the molecule is COC(=O)c1c(C(=O)COc2ccc(C#N)cc2Cl)c(C)n(C2CC2)c1C. The molecule has 3 rings (SSSR count). The molecule has 140 valence electrons. The maximum Gasteiger partial charge on any atom is 0.340 e. The zero-order chi connectivity index (χ0) is 19.7. The van der Waals surface area contributed by atoms with Crippen LogP contribution in [0.15, 0.2) is 18.2 Å². The van der Waals surface area contributed by atoms with Crippen molar-refractivity contribution >= 4 is 23.4 Å². The van der Waals surface area contributed by atoms with Crippen LogP contribution in [0.5, 0.6) is 5.75 Å². The maximum atomic E-state index is 12.9. The Hall–Kier alpha value is -2.78. The lowest BCUT2D eigenvalue weighted by atomic mass is 10.1. The predicted molar refractivity (Wildman–Crippen MR) is 99.5 cm³/mol. The molecule has 0 bridgehead atoms. The number of aromatic nitrogens is 1. The number of hydrogen-bond acceptors (Lipinski definition) is 5. The molecule has 1 aliphatic carbocycles. The summed E-state index contributed by atoms with van der Waals surface area (Å²) in [5.41, 5.74) is 2.51. The maximum absolute atomic E-state index is 12.9. The molecule has 7 heteroatoms. The highest BCUT2D eigenvalue weighted by molar-refractivity contribution is 6.32. The van der Waals surface area contributed by atoms with E-state index in [0.717, 1.165) is 24.2 Å². The molecule has 0 N–H and O–H groups in total. The van der Waals surface area contributed by atoms with E-state index < -0.39 is 5.97 Å². The molecule has 1 heterocycles. The van der Waals surface area contributed by atoms with Crippen molar-refractivity contribution in [1.82, 2.24) is 4.57 Å². The second-order valence-electron chi connectivity index (χ2n) is 6.48. The number of rotatable bonds is 6. The summed E-state index contributed by atoms with van der Waals surface area (Å²) in [7, 11) is 1.30. The van der Waals surface area contributed by atoms with E-state index in [1.807, 2.05) is 24.5 Å². The second kappa shape index (κ2) is 7.45. The topological polar surface area (TPSA) is 81.3 Å². The third kappa shape index (κ3) is 3.56. The van der Waals surface area contributed by atoms with Crippen LogP contribution in [0.3, 0.4) is 0 Å². The monoisotopic (exact) mass is 386 g/mol. The molecule has 2 aromatic rings. The number of ketones is 1. The Kier molecular flexibility index (Phi) is 5.24. The first-order valence-electron chi connectivity index (χ1n) is 8.54. The average molecular weight is 387 g/mol. The van der Waals surface area contributed by atoms with Crippen LogP contribution in [0.25, 0.3) is 0 Å². The standard InChI is InChI=1S/C20H19ClN2O4/c1-11-18(19(20(25)26-3)12(2)23(11)14-5-6-14)16(24)10-27-17-7-4-13(9-22)8-15(17)21/h4,7-8,14H,5-6,10H2,1-3H3. The molecule has 0 amide bonds. The fraction of sp³-hybridized carbons (Fsp3) is 0.350. The van der Waals surface area contributed by atoms with Crippen molar-refractivity contribution in [3.05, 3.63) is 51.3 Å². The minimum Gasteiger partial charge on any atom is -0.484 e. The lowest BCUT2D eigenvalue weighted by Gasteiger charge is -2.09. The van der Waals surface area contributed by atoms with Gasteiger partial charge in [0, 0.05) is 17.4 Å². The van der Waals surface area contributed by atoms with Gasteiger partial charge in [-0.25, -0.2) is 4.79 Å². The Balaban J connectivity index is 1.89. The largest absolute Gasteiger partial charge is 0.484 e. The average Bonchev–Trinajstić information content (AvgIpc) is 3.44. The van der Waals surface area contributed by atoms with Gasteiger partial charge in [-0.1, -0.05) is 11.6 Å². The summed E-state index contributed by atoms with van der Waals surface area (Å²) < 4.78 is 12.5. The summed E-state index contributed by atoms with van der Waals surface area (Å²) in [6.07, 6.45) is 2.06. The van der Waals surface area contributed by atoms with E-state index in [9.17, 15) is 9.59 Å². The molecule has 0 spiro atoms. The van der Waals surface area contributed by atoms with Crippen LogP contribution in [0.2, 0.25) is 5.02 Å². The zero-order valence-corrected chi connectivity index (χ0v) is 16.1. The molecule has 0 unspecified atom stereocenters. The van der Waals surface area contributed by atoms with Crippen LogP contribution >= 0.6 is 11.6 Å². The molecule has 1 aliphatic rings. The van der Waals surface area contributed by atoms with Crippen LogP contribution in [0.1, 0.15) is 56.6 Å². The van der Waals surface area contributed by atoms with Gasteiger partial charge in [-0.2, -0.15) is 5.26 Å². The molecular formula is C20H19ClN2O4. The number of esters is 1. The number of nitriles is 1. The highest BCUT2D eigenvalue weighted by Crippen LogP contribution is 2.40. The van der Waals surface area contributed by atoms with Crippen LogP contribution < -0.4 is 4.74 Å². The number of Topliss-reactive ketones (excluding diaryl/α,β-unsaturated/α-hetero) is 1. The van der Waals surface area contributed by atoms with Gasteiger partial charge >= 0.3 is 5.97 Å². The van der Waals surface area contributed by atoms with Crippen LogP contribution in [0.4, 0.5) is 0 Å². The van der Waals surface area contributed by atoms with Gasteiger partial charge in [0.25, 0.3) is 0 Å². The quantitative estimate of drug-likeness (QED) is 0.553. The zero-order valence-electron chi connectivity index (χ0n) is 15.3. The van der Waals surface area contributed by atoms with E-state index in [-0.39, 0.29) is 17.4 Å². The third-order valence-electron chi connectivity index (χ3n) is 4.70. The summed E-state index contributed by atoms with van der Waals surface area (Å²) >= 11 is 6.09. The molecule has 0 saturated heterocycles. The van der Waals surface area contributed by atoms with E-state index in [4.69, 9.17) is 26.3 Å². The molecule has 1 fully saturated rings. The lowest BCUT2D eigenvalue weighted by Crippen LogP contribution is -2.16. The van der Waals surface area contributed by atoms with Crippen molar-refractivity contribution in [3.8, 4) is 11.8 Å². The van der Waals surface area contributed by atoms with Gasteiger partial charge in [0.1, 0.15) is 5.75 Å². The number of methoxy groups -OCH3 is 1. The van der Waals surface area contributed by atoms with Crippen molar-refractivity contribution in [2.75, 3.05) is 13.7 Å².